The number of nitrogens with one attached hydrogen (secondary N) is 2. The van der Waals surface area contributed by atoms with Crippen LogP contribution in [-0.2, 0) is 4.74 Å². The fraction of sp³-hybridized carbons (Fsp3) is 0.226. The number of fused-ring (bicyclic) bond motifs is 4. The number of phenols is 1. The third kappa shape index (κ3) is 5.61. The van der Waals surface area contributed by atoms with Crippen LogP contribution in [0.4, 0.5) is 21.3 Å². The van der Waals surface area contributed by atoms with E-state index in [1.165, 1.54) is 5.38 Å². The monoisotopic (exact) mass is 618 g/mol. The molecule has 43 heavy (non-hydrogen) atoms. The van der Waals surface area contributed by atoms with Crippen LogP contribution in [0.1, 0.15) is 53.3 Å². The highest BCUT2D eigenvalue weighted by Crippen LogP contribution is 2.45. The molecular weight excluding hydrogens is 592 g/mol. The number of carbonyl (C=O) groups excluding carboxylic acids is 3. The predicted octanol–water partition coefficient (Wildman–Crippen LogP) is 7.33. The summed E-state index contributed by atoms with van der Waals surface area (Å²) in [5.41, 5.74) is 1.91. The highest BCUT2D eigenvalue weighted by atomic mass is 35.5. The quantitative estimate of drug-likeness (QED) is 0.176. The standard InChI is InChI=1S/C31H27ClN4O6S/c1-31(2,3)42-30(40)35-29-34-21(15-43-29)27(38)33-18-8-9-24-16(10-18)11-25(41-24)28(39)36-14-17(13-32)26-20-7-5-4-6-19(20)23(37)12-22(26)36/h4-12,15,17,37H,13-14H2,1-3H3,(H,33,38)(H,34,35,40)/t17-/m1/s1. The molecule has 0 aliphatic carbocycles. The van der Waals surface area contributed by atoms with Gasteiger partial charge in [-0.1, -0.05) is 24.3 Å². The second-order valence-corrected chi connectivity index (χ2v) is 12.3. The first kappa shape index (κ1) is 28.5. The van der Waals surface area contributed by atoms with E-state index in [0.29, 0.717) is 40.2 Å². The number of hydrogen-bond acceptors (Lipinski definition) is 8. The zero-order chi connectivity index (χ0) is 30.5. The second-order valence-electron chi connectivity index (χ2n) is 11.1. The number of carbonyl (C=O) groups is 3. The number of thiazole rings is 1. The van der Waals surface area contributed by atoms with Crippen LogP contribution in [0.5, 0.6) is 5.75 Å². The SMILES string of the molecule is CC(C)(C)OC(=O)Nc1nc(C(=O)Nc2ccc3oc(C(=O)N4C[C@@H](CCl)c5c4cc(O)c4ccccc54)cc3c2)cs1. The number of aromatic nitrogens is 1. The number of amides is 3. The number of nitrogens with zero attached hydrogens (tertiary/aromatic N) is 2. The van der Waals surface area contributed by atoms with Gasteiger partial charge in [0.1, 0.15) is 22.6 Å². The van der Waals surface area contributed by atoms with Crippen LogP contribution < -0.4 is 15.5 Å². The van der Waals surface area contributed by atoms with Gasteiger partial charge in [0.2, 0.25) is 0 Å². The van der Waals surface area contributed by atoms with Crippen molar-refractivity contribution in [3.05, 3.63) is 77.0 Å². The molecule has 3 amide bonds. The van der Waals surface area contributed by atoms with Crippen LogP contribution in [0.2, 0.25) is 0 Å². The van der Waals surface area contributed by atoms with Crippen LogP contribution in [0.3, 0.4) is 0 Å². The van der Waals surface area contributed by atoms with Crippen LogP contribution in [0.25, 0.3) is 21.7 Å². The highest BCUT2D eigenvalue weighted by Gasteiger charge is 2.36. The van der Waals surface area contributed by atoms with E-state index < -0.39 is 17.6 Å². The summed E-state index contributed by atoms with van der Waals surface area (Å²) in [6, 6.07) is 15.7. The van der Waals surface area contributed by atoms with Gasteiger partial charge in [-0.3, -0.25) is 14.9 Å². The molecule has 0 saturated heterocycles. The number of ether oxygens (including phenoxy) is 1. The Morgan fingerprint density at radius 2 is 1.88 bits per heavy atom. The summed E-state index contributed by atoms with van der Waals surface area (Å²) < 4.78 is 11.1. The minimum absolute atomic E-state index is 0.0835. The van der Waals surface area contributed by atoms with E-state index in [1.54, 1.807) is 56.0 Å². The van der Waals surface area contributed by atoms with Gasteiger partial charge in [0.15, 0.2) is 10.9 Å². The molecule has 0 unspecified atom stereocenters. The molecule has 3 aromatic carbocycles. The van der Waals surface area contributed by atoms with Gasteiger partial charge in [-0.05, 0) is 56.0 Å². The van der Waals surface area contributed by atoms with Crippen molar-refractivity contribution in [2.24, 2.45) is 0 Å². The van der Waals surface area contributed by atoms with Crippen LogP contribution in [-0.4, -0.2) is 46.0 Å². The summed E-state index contributed by atoms with van der Waals surface area (Å²) in [7, 11) is 0. The molecule has 5 aromatic rings. The van der Waals surface area contributed by atoms with E-state index in [0.717, 1.165) is 22.3 Å². The van der Waals surface area contributed by atoms with Crippen LogP contribution in [0.15, 0.2) is 64.4 Å². The molecule has 1 aliphatic rings. The normalized spacial score (nSPS) is 14.6. The zero-order valence-electron chi connectivity index (χ0n) is 23.4. The van der Waals surface area contributed by atoms with Crippen molar-refractivity contribution in [1.29, 1.82) is 0 Å². The lowest BCUT2D eigenvalue weighted by atomic mass is 9.95. The molecule has 1 aliphatic heterocycles. The van der Waals surface area contributed by atoms with Crippen molar-refractivity contribution in [2.45, 2.75) is 32.3 Å². The lowest BCUT2D eigenvalue weighted by molar-refractivity contribution is 0.0635. The molecule has 3 heterocycles. The summed E-state index contributed by atoms with van der Waals surface area (Å²) in [4.78, 5) is 44.3. The maximum Gasteiger partial charge on any atom is 0.413 e. The van der Waals surface area contributed by atoms with E-state index >= 15 is 0 Å². The van der Waals surface area contributed by atoms with Crippen molar-refractivity contribution in [1.82, 2.24) is 4.98 Å². The smallest absolute Gasteiger partial charge is 0.413 e. The summed E-state index contributed by atoms with van der Waals surface area (Å²) in [6.45, 7) is 5.60. The maximum atomic E-state index is 13.7. The third-order valence-corrected chi connectivity index (χ3v) is 8.04. The first-order valence-corrected chi connectivity index (χ1v) is 14.8. The number of alkyl halides is 1. The number of hydrogen-bond donors (Lipinski definition) is 3. The number of benzene rings is 3. The van der Waals surface area contributed by atoms with Gasteiger partial charge >= 0.3 is 6.09 Å². The van der Waals surface area contributed by atoms with E-state index in [-0.39, 0.29) is 34.2 Å². The summed E-state index contributed by atoms with van der Waals surface area (Å²) in [5, 5.41) is 19.9. The van der Waals surface area contributed by atoms with E-state index in [9.17, 15) is 19.5 Å². The van der Waals surface area contributed by atoms with Gasteiger partial charge in [-0.15, -0.1) is 22.9 Å². The lowest BCUT2D eigenvalue weighted by Gasteiger charge is -2.18. The predicted molar refractivity (Wildman–Crippen MR) is 167 cm³/mol. The Kier molecular flexibility index (Phi) is 7.23. The van der Waals surface area contributed by atoms with Crippen molar-refractivity contribution in [3.8, 4) is 5.75 Å². The number of halogens is 1. The van der Waals surface area contributed by atoms with E-state index in [2.05, 4.69) is 15.6 Å². The van der Waals surface area contributed by atoms with E-state index in [1.807, 2.05) is 24.3 Å². The summed E-state index contributed by atoms with van der Waals surface area (Å²) in [5.74, 6) is -0.433. The Labute approximate surface area is 255 Å². The Balaban J connectivity index is 1.20. The molecule has 6 rings (SSSR count). The molecular formula is C31H27ClN4O6S. The van der Waals surface area contributed by atoms with Crippen molar-refractivity contribution in [3.63, 3.8) is 0 Å². The molecule has 0 saturated carbocycles. The minimum atomic E-state index is -0.665. The van der Waals surface area contributed by atoms with Crippen molar-refractivity contribution < 1.29 is 28.6 Å². The van der Waals surface area contributed by atoms with Gasteiger partial charge in [0.25, 0.3) is 11.8 Å². The maximum absolute atomic E-state index is 13.7. The molecule has 3 N–H and O–H groups in total. The molecule has 2 aromatic heterocycles. The minimum Gasteiger partial charge on any atom is -0.507 e. The Morgan fingerprint density at radius 1 is 1.12 bits per heavy atom. The molecule has 12 heteroatoms. The fourth-order valence-corrected chi connectivity index (χ4v) is 6.05. The van der Waals surface area contributed by atoms with Crippen molar-refractivity contribution >= 4 is 79.1 Å². The van der Waals surface area contributed by atoms with Gasteiger partial charge < -0.3 is 24.5 Å². The van der Waals surface area contributed by atoms with E-state index in [4.69, 9.17) is 20.8 Å². The number of furan rings is 1. The molecule has 0 radical (unpaired) electrons. The molecule has 0 bridgehead atoms. The average molecular weight is 619 g/mol. The number of phenolic OH excluding ortho intramolecular Hbond substituents is 1. The van der Waals surface area contributed by atoms with Gasteiger partial charge in [-0.2, -0.15) is 0 Å². The first-order chi connectivity index (χ1) is 20.5. The number of rotatable bonds is 5. The average Bonchev–Trinajstić information content (AvgIpc) is 3.68. The zero-order valence-corrected chi connectivity index (χ0v) is 25.0. The summed E-state index contributed by atoms with van der Waals surface area (Å²) in [6.07, 6.45) is -0.662. The molecule has 220 valence electrons. The van der Waals surface area contributed by atoms with Gasteiger partial charge in [0.05, 0.1) is 5.69 Å². The largest absolute Gasteiger partial charge is 0.507 e. The highest BCUT2D eigenvalue weighted by molar-refractivity contribution is 7.14. The van der Waals surface area contributed by atoms with Crippen molar-refractivity contribution in [2.75, 3.05) is 28.0 Å². The molecule has 10 nitrogen and oxygen atoms in total. The molecule has 0 spiro atoms. The molecule has 1 atom stereocenters. The van der Waals surface area contributed by atoms with Gasteiger partial charge in [-0.25, -0.2) is 9.78 Å². The Hall–Kier alpha value is -4.61. The van der Waals surface area contributed by atoms with Gasteiger partial charge in [0, 0.05) is 46.2 Å². The summed E-state index contributed by atoms with van der Waals surface area (Å²) >= 11 is 7.42. The van der Waals surface area contributed by atoms with Crippen LogP contribution >= 0.6 is 22.9 Å². The Bertz CT molecular complexity index is 1910. The number of aromatic hydroxyl groups is 1. The second kappa shape index (κ2) is 10.9. The van der Waals surface area contributed by atoms with Crippen LogP contribution in [0, 0.1) is 0 Å². The third-order valence-electron chi connectivity index (χ3n) is 6.91. The number of anilines is 3. The lowest BCUT2D eigenvalue weighted by Crippen LogP contribution is -2.29. The fourth-order valence-electron chi connectivity index (χ4n) is 5.13. The Morgan fingerprint density at radius 3 is 2.63 bits per heavy atom. The molecule has 0 fully saturated rings. The first-order valence-electron chi connectivity index (χ1n) is 13.4. The topological polar surface area (TPSA) is 134 Å².